The number of halogens is 1. The van der Waals surface area contributed by atoms with Crippen molar-refractivity contribution >= 4 is 17.8 Å². The molecule has 1 aromatic heterocycles. The molecule has 1 aliphatic heterocycles. The van der Waals surface area contributed by atoms with Crippen LogP contribution in [0, 0.1) is 19.7 Å². The molecule has 3 rings (SSSR count). The number of carboxylic acids is 1. The fourth-order valence-corrected chi connectivity index (χ4v) is 4.13. The highest BCUT2D eigenvalue weighted by Gasteiger charge is 2.30. The first kappa shape index (κ1) is 25.8. The molecule has 0 unspecified atom stereocenters. The Hall–Kier alpha value is -3.79. The monoisotopic (exact) mass is 484 g/mol. The van der Waals surface area contributed by atoms with Crippen molar-refractivity contribution in [3.05, 3.63) is 70.8 Å². The third kappa shape index (κ3) is 5.83. The molecule has 0 spiro atoms. The number of primary amides is 1. The van der Waals surface area contributed by atoms with Gasteiger partial charge in [0.25, 0.3) is 5.91 Å². The zero-order valence-electron chi connectivity index (χ0n) is 20.0. The van der Waals surface area contributed by atoms with Gasteiger partial charge in [-0.1, -0.05) is 18.7 Å². The van der Waals surface area contributed by atoms with Gasteiger partial charge in [-0.15, -0.1) is 0 Å². The van der Waals surface area contributed by atoms with Crippen molar-refractivity contribution in [3.63, 3.8) is 0 Å². The third-order valence-electron chi connectivity index (χ3n) is 6.04. The van der Waals surface area contributed by atoms with Gasteiger partial charge >= 0.3 is 5.97 Å². The number of nitrogens with zero attached hydrogens (tertiary/aromatic N) is 3. The van der Waals surface area contributed by atoms with Crippen molar-refractivity contribution in [2.24, 2.45) is 5.73 Å². The van der Waals surface area contributed by atoms with Gasteiger partial charge < -0.3 is 20.5 Å². The van der Waals surface area contributed by atoms with E-state index in [1.54, 1.807) is 30.9 Å². The van der Waals surface area contributed by atoms with Crippen LogP contribution in [-0.4, -0.2) is 69.9 Å². The van der Waals surface area contributed by atoms with Gasteiger partial charge in [0.1, 0.15) is 17.6 Å². The van der Waals surface area contributed by atoms with Crippen molar-refractivity contribution in [2.75, 3.05) is 26.2 Å². The molecule has 0 bridgehead atoms. The van der Waals surface area contributed by atoms with E-state index in [1.807, 2.05) is 6.92 Å². The van der Waals surface area contributed by atoms with Crippen molar-refractivity contribution in [3.8, 4) is 5.75 Å². The molecule has 2 atom stereocenters. The average Bonchev–Trinajstić information content (AvgIpc) is 2.79. The average molecular weight is 485 g/mol. The first-order valence-electron chi connectivity index (χ1n) is 11.1. The molecule has 35 heavy (non-hydrogen) atoms. The lowest BCUT2D eigenvalue weighted by Gasteiger charge is -2.40. The molecule has 3 N–H and O–H groups in total. The normalized spacial score (nSPS) is 17.0. The van der Waals surface area contributed by atoms with Crippen molar-refractivity contribution in [1.82, 2.24) is 14.8 Å². The summed E-state index contributed by atoms with van der Waals surface area (Å²) in [6.07, 6.45) is 0.531. The number of pyridine rings is 1. The summed E-state index contributed by atoms with van der Waals surface area (Å²) < 4.78 is 20.6. The van der Waals surface area contributed by atoms with Crippen LogP contribution in [0.4, 0.5) is 4.39 Å². The van der Waals surface area contributed by atoms with Crippen LogP contribution in [0.25, 0.3) is 0 Å². The number of aromatic carboxylic acids is 1. The van der Waals surface area contributed by atoms with Gasteiger partial charge in [0, 0.05) is 32.2 Å². The van der Waals surface area contributed by atoms with Gasteiger partial charge in [-0.25, -0.2) is 14.2 Å². The van der Waals surface area contributed by atoms with E-state index in [-0.39, 0.29) is 23.4 Å². The minimum Gasteiger partial charge on any atom is -0.482 e. The zero-order chi connectivity index (χ0) is 25.9. The van der Waals surface area contributed by atoms with Gasteiger partial charge in [0.05, 0.1) is 0 Å². The summed E-state index contributed by atoms with van der Waals surface area (Å²) in [5.74, 6) is -2.86. The topological polar surface area (TPSA) is 126 Å². The molecule has 2 aromatic rings. The number of aromatic nitrogens is 1. The first-order valence-corrected chi connectivity index (χ1v) is 11.1. The number of carbonyl (C=O) groups is 3. The molecule has 1 fully saturated rings. The summed E-state index contributed by atoms with van der Waals surface area (Å²) in [4.78, 5) is 43.3. The fraction of sp³-hybridized carbons (Fsp3) is 0.360. The van der Waals surface area contributed by atoms with Crippen LogP contribution in [0.3, 0.4) is 0 Å². The number of benzene rings is 1. The summed E-state index contributed by atoms with van der Waals surface area (Å²) >= 11 is 0. The van der Waals surface area contributed by atoms with Crippen molar-refractivity contribution < 1.29 is 28.6 Å². The summed E-state index contributed by atoms with van der Waals surface area (Å²) in [6.45, 7) is 10.6. The van der Waals surface area contributed by atoms with E-state index >= 15 is 0 Å². The Labute approximate surface area is 203 Å². The van der Waals surface area contributed by atoms with E-state index in [9.17, 15) is 23.9 Å². The van der Waals surface area contributed by atoms with E-state index in [4.69, 9.17) is 10.5 Å². The molecule has 0 radical (unpaired) electrons. The Bertz CT molecular complexity index is 1170. The minimum atomic E-state index is -1.39. The van der Waals surface area contributed by atoms with Gasteiger partial charge in [-0.05, 0) is 55.7 Å². The quantitative estimate of drug-likeness (QED) is 0.551. The van der Waals surface area contributed by atoms with Gasteiger partial charge in [0.15, 0.2) is 11.4 Å². The van der Waals surface area contributed by atoms with Gasteiger partial charge in [-0.3, -0.25) is 14.5 Å². The minimum absolute atomic E-state index is 0.0560. The number of aryl methyl sites for hydroxylation is 2. The number of hydrogen-bond donors (Lipinski definition) is 2. The van der Waals surface area contributed by atoms with E-state index in [2.05, 4.69) is 16.5 Å². The van der Waals surface area contributed by atoms with Crippen molar-refractivity contribution in [1.29, 1.82) is 0 Å². The highest BCUT2D eigenvalue weighted by Crippen LogP contribution is 2.29. The maximum absolute atomic E-state index is 14.4. The van der Waals surface area contributed by atoms with E-state index < -0.39 is 29.5 Å². The van der Waals surface area contributed by atoms with Crippen LogP contribution in [0.2, 0.25) is 0 Å². The summed E-state index contributed by atoms with van der Waals surface area (Å²) in [5, 5.41) is 9.68. The maximum Gasteiger partial charge on any atom is 0.358 e. The predicted molar refractivity (Wildman–Crippen MR) is 127 cm³/mol. The SMILES string of the molecule is C=CC(=O)N1CCN(C[C@@H](Oc2cc(C)c(C(N)=O)nc2C(=O)O)c2ccc(C)c(F)c2)C[C@H]1C. The van der Waals surface area contributed by atoms with E-state index in [0.29, 0.717) is 42.9 Å². The largest absolute Gasteiger partial charge is 0.482 e. The van der Waals surface area contributed by atoms with Crippen LogP contribution >= 0.6 is 0 Å². The molecule has 0 saturated carbocycles. The second-order valence-corrected chi connectivity index (χ2v) is 8.63. The number of piperazine rings is 1. The van der Waals surface area contributed by atoms with Gasteiger partial charge in [0.2, 0.25) is 5.91 Å². The number of amides is 2. The van der Waals surface area contributed by atoms with Crippen LogP contribution < -0.4 is 10.5 Å². The molecule has 186 valence electrons. The molecule has 1 saturated heterocycles. The van der Waals surface area contributed by atoms with Crippen LogP contribution in [-0.2, 0) is 4.79 Å². The van der Waals surface area contributed by atoms with E-state index in [1.165, 1.54) is 18.2 Å². The molecule has 1 aromatic carbocycles. The number of ether oxygens (including phenoxy) is 1. The third-order valence-corrected chi connectivity index (χ3v) is 6.04. The van der Waals surface area contributed by atoms with Gasteiger partial charge in [-0.2, -0.15) is 0 Å². The maximum atomic E-state index is 14.4. The Morgan fingerprint density at radius 1 is 1.26 bits per heavy atom. The van der Waals surface area contributed by atoms with E-state index in [0.717, 1.165) is 0 Å². The standard InChI is InChI=1S/C25H29FN4O5/c1-5-21(31)30-9-8-29(12-16(30)4)13-20(17-7-6-14(2)18(26)11-17)35-19-10-15(3)22(24(27)32)28-23(19)25(33)34/h5-7,10-11,16,20H,1,8-9,12-13H2,2-4H3,(H2,27,32)(H,33,34)/t16-,20-/m1/s1. The summed E-state index contributed by atoms with van der Waals surface area (Å²) in [7, 11) is 0. The lowest BCUT2D eigenvalue weighted by Crippen LogP contribution is -2.54. The van der Waals surface area contributed by atoms with Crippen LogP contribution in [0.15, 0.2) is 36.9 Å². The Balaban J connectivity index is 1.95. The van der Waals surface area contributed by atoms with Crippen LogP contribution in [0.1, 0.15) is 50.7 Å². The molecular formula is C25H29FN4O5. The molecule has 1 aliphatic rings. The summed E-state index contributed by atoms with van der Waals surface area (Å²) in [6, 6.07) is 6.03. The fourth-order valence-electron chi connectivity index (χ4n) is 4.13. The molecule has 0 aliphatic carbocycles. The molecule has 2 heterocycles. The number of carboxylic acid groups (broad SMARTS) is 1. The summed E-state index contributed by atoms with van der Waals surface area (Å²) in [5.41, 5.74) is 6.03. The zero-order valence-corrected chi connectivity index (χ0v) is 20.0. The Morgan fingerprint density at radius 2 is 1.97 bits per heavy atom. The van der Waals surface area contributed by atoms with Crippen LogP contribution in [0.5, 0.6) is 5.75 Å². The molecule has 10 heteroatoms. The predicted octanol–water partition coefficient (Wildman–Crippen LogP) is 2.47. The highest BCUT2D eigenvalue weighted by atomic mass is 19.1. The lowest BCUT2D eigenvalue weighted by molar-refractivity contribution is -0.130. The lowest BCUT2D eigenvalue weighted by atomic mass is 10.0. The molecular weight excluding hydrogens is 455 g/mol. The highest BCUT2D eigenvalue weighted by molar-refractivity contribution is 5.95. The second kappa shape index (κ2) is 10.6. The molecule has 2 amide bonds. The number of nitrogens with two attached hydrogens (primary N) is 1. The van der Waals surface area contributed by atoms with Crippen molar-refractivity contribution in [2.45, 2.75) is 32.9 Å². The molecule has 9 nitrogen and oxygen atoms in total. The number of carbonyl (C=O) groups excluding carboxylic acids is 2. The number of rotatable bonds is 8. The Kier molecular flexibility index (Phi) is 7.85. The smallest absolute Gasteiger partial charge is 0.358 e. The number of hydrogen-bond acceptors (Lipinski definition) is 6. The first-order chi connectivity index (χ1) is 16.5. The Morgan fingerprint density at radius 3 is 2.54 bits per heavy atom. The second-order valence-electron chi connectivity index (χ2n) is 8.63.